The Morgan fingerprint density at radius 3 is 2.94 bits per heavy atom. The van der Waals surface area contributed by atoms with E-state index in [1.54, 1.807) is 11.3 Å². The van der Waals surface area contributed by atoms with Crippen LogP contribution in [-0.4, -0.2) is 16.9 Å². The van der Waals surface area contributed by atoms with E-state index in [-0.39, 0.29) is 5.91 Å². The van der Waals surface area contributed by atoms with Gasteiger partial charge in [-0.2, -0.15) is 0 Å². The Kier molecular flexibility index (Phi) is 3.79. The summed E-state index contributed by atoms with van der Waals surface area (Å²) in [6, 6.07) is -0.436. The maximum atomic E-state index is 11.8. The summed E-state index contributed by atoms with van der Waals surface area (Å²) in [6.45, 7) is 4.12. The second-order valence-corrected chi connectivity index (χ2v) is 6.05. The lowest BCUT2D eigenvalue weighted by atomic mass is 10.0. The molecule has 94 valence electrons. The van der Waals surface area contributed by atoms with Gasteiger partial charge in [-0.1, -0.05) is 13.8 Å². The lowest BCUT2D eigenvalue weighted by molar-refractivity contribution is -0.117. The van der Waals surface area contributed by atoms with Gasteiger partial charge in [0.15, 0.2) is 5.13 Å². The molecule has 1 aliphatic carbocycles. The highest BCUT2D eigenvalue weighted by atomic mass is 32.1. The summed E-state index contributed by atoms with van der Waals surface area (Å²) in [4.78, 5) is 17.5. The van der Waals surface area contributed by atoms with E-state index >= 15 is 0 Å². The van der Waals surface area contributed by atoms with E-state index in [4.69, 9.17) is 5.73 Å². The molecule has 4 nitrogen and oxygen atoms in total. The van der Waals surface area contributed by atoms with E-state index in [2.05, 4.69) is 24.1 Å². The van der Waals surface area contributed by atoms with Crippen molar-refractivity contribution in [3.05, 3.63) is 10.6 Å². The number of hydrogen-bond acceptors (Lipinski definition) is 4. The summed E-state index contributed by atoms with van der Waals surface area (Å²) < 4.78 is 0. The minimum atomic E-state index is -0.436. The molecular weight excluding hydrogens is 234 g/mol. The zero-order valence-corrected chi connectivity index (χ0v) is 11.1. The van der Waals surface area contributed by atoms with Crippen LogP contribution in [0.25, 0.3) is 0 Å². The molecule has 1 amide bonds. The first kappa shape index (κ1) is 12.5. The summed E-state index contributed by atoms with van der Waals surface area (Å²) in [6.07, 6.45) is 4.03. The molecule has 1 aromatic rings. The predicted octanol–water partition coefficient (Wildman–Crippen LogP) is 1.94. The average Bonchev–Trinajstić information content (AvgIpc) is 2.76. The monoisotopic (exact) mass is 253 g/mol. The Bertz CT molecular complexity index is 392. The van der Waals surface area contributed by atoms with Crippen LogP contribution >= 0.6 is 11.3 Å². The average molecular weight is 253 g/mol. The van der Waals surface area contributed by atoms with Gasteiger partial charge in [0, 0.05) is 4.88 Å². The lowest BCUT2D eigenvalue weighted by Crippen LogP contribution is -2.36. The first-order valence-electron chi connectivity index (χ1n) is 6.11. The Hall–Kier alpha value is -0.940. The number of aryl methyl sites for hydroxylation is 2. The number of hydrogen-bond donors (Lipinski definition) is 2. The van der Waals surface area contributed by atoms with Gasteiger partial charge >= 0.3 is 0 Å². The highest BCUT2D eigenvalue weighted by Crippen LogP contribution is 2.30. The number of nitrogens with two attached hydrogens (primary N) is 1. The van der Waals surface area contributed by atoms with Crippen LogP contribution in [0.1, 0.15) is 37.3 Å². The van der Waals surface area contributed by atoms with E-state index in [1.165, 1.54) is 11.3 Å². The van der Waals surface area contributed by atoms with Gasteiger partial charge in [-0.3, -0.25) is 4.79 Å². The molecule has 0 saturated carbocycles. The SMILES string of the molecule is CC(C)C[C@@H](N)C(=O)Nc1nc2c(s1)CCC2. The van der Waals surface area contributed by atoms with Gasteiger partial charge in [-0.15, -0.1) is 11.3 Å². The first-order valence-corrected chi connectivity index (χ1v) is 6.93. The van der Waals surface area contributed by atoms with Crippen LogP contribution in [0.2, 0.25) is 0 Å². The fourth-order valence-electron chi connectivity index (χ4n) is 2.06. The summed E-state index contributed by atoms with van der Waals surface area (Å²) in [5.41, 5.74) is 6.98. The van der Waals surface area contributed by atoms with Gasteiger partial charge in [-0.25, -0.2) is 4.98 Å². The molecule has 1 aliphatic rings. The van der Waals surface area contributed by atoms with E-state index in [0.29, 0.717) is 17.5 Å². The molecule has 0 radical (unpaired) electrons. The third-order valence-corrected chi connectivity index (χ3v) is 3.96. The predicted molar refractivity (Wildman–Crippen MR) is 70.2 cm³/mol. The molecule has 1 aromatic heterocycles. The van der Waals surface area contributed by atoms with Crippen molar-refractivity contribution in [1.29, 1.82) is 0 Å². The third-order valence-electron chi connectivity index (χ3n) is 2.89. The third kappa shape index (κ3) is 3.04. The Morgan fingerprint density at radius 2 is 2.29 bits per heavy atom. The van der Waals surface area contributed by atoms with Crippen LogP contribution in [0.15, 0.2) is 0 Å². The molecule has 0 aromatic carbocycles. The number of rotatable bonds is 4. The van der Waals surface area contributed by atoms with Crippen molar-refractivity contribution in [2.24, 2.45) is 11.7 Å². The quantitative estimate of drug-likeness (QED) is 0.861. The number of carbonyl (C=O) groups is 1. The van der Waals surface area contributed by atoms with Gasteiger partial charge in [0.25, 0.3) is 0 Å². The van der Waals surface area contributed by atoms with Crippen LogP contribution in [0.5, 0.6) is 0 Å². The number of carbonyl (C=O) groups excluding carboxylic acids is 1. The number of thiazole rings is 1. The Balaban J connectivity index is 1.93. The molecule has 1 heterocycles. The number of aromatic nitrogens is 1. The van der Waals surface area contributed by atoms with E-state index < -0.39 is 6.04 Å². The van der Waals surface area contributed by atoms with Gasteiger partial charge in [0.1, 0.15) is 0 Å². The molecule has 0 aliphatic heterocycles. The molecule has 0 bridgehead atoms. The maximum absolute atomic E-state index is 11.8. The zero-order valence-electron chi connectivity index (χ0n) is 10.3. The van der Waals surface area contributed by atoms with Crippen LogP contribution in [0, 0.1) is 5.92 Å². The van der Waals surface area contributed by atoms with Crippen LogP contribution in [0.3, 0.4) is 0 Å². The fourth-order valence-corrected chi connectivity index (χ4v) is 3.11. The number of nitrogens with one attached hydrogen (secondary N) is 1. The molecular formula is C12H19N3OS. The fraction of sp³-hybridized carbons (Fsp3) is 0.667. The largest absolute Gasteiger partial charge is 0.320 e. The molecule has 0 saturated heterocycles. The molecule has 17 heavy (non-hydrogen) atoms. The van der Waals surface area contributed by atoms with Crippen LogP contribution < -0.4 is 11.1 Å². The van der Waals surface area contributed by atoms with Crippen molar-refractivity contribution in [3.63, 3.8) is 0 Å². The van der Waals surface area contributed by atoms with Crippen molar-refractivity contribution in [2.45, 2.75) is 45.6 Å². The van der Waals surface area contributed by atoms with Gasteiger partial charge in [-0.05, 0) is 31.6 Å². The summed E-state index contributed by atoms with van der Waals surface area (Å²) >= 11 is 1.59. The number of anilines is 1. The molecule has 3 N–H and O–H groups in total. The number of fused-ring (bicyclic) bond motifs is 1. The normalized spacial score (nSPS) is 16.0. The topological polar surface area (TPSA) is 68.0 Å². The van der Waals surface area contributed by atoms with Crippen molar-refractivity contribution in [3.8, 4) is 0 Å². The number of nitrogens with zero attached hydrogens (tertiary/aromatic N) is 1. The summed E-state index contributed by atoms with van der Waals surface area (Å²) in [5.74, 6) is 0.308. The van der Waals surface area contributed by atoms with Crippen molar-refractivity contribution < 1.29 is 4.79 Å². The second kappa shape index (κ2) is 5.14. The Morgan fingerprint density at radius 1 is 1.53 bits per heavy atom. The van der Waals surface area contributed by atoms with Gasteiger partial charge in [0.2, 0.25) is 5.91 Å². The van der Waals surface area contributed by atoms with Crippen LogP contribution in [0.4, 0.5) is 5.13 Å². The summed E-state index contributed by atoms with van der Waals surface area (Å²) in [7, 11) is 0. The standard InChI is InChI=1S/C12H19N3OS/c1-7(2)6-8(13)11(16)15-12-14-9-4-3-5-10(9)17-12/h7-8H,3-6,13H2,1-2H3,(H,14,15,16)/t8-/m1/s1. The molecule has 5 heteroatoms. The van der Waals surface area contributed by atoms with E-state index in [1.807, 2.05) is 0 Å². The first-order chi connectivity index (χ1) is 8.06. The van der Waals surface area contributed by atoms with Crippen molar-refractivity contribution >= 4 is 22.4 Å². The lowest BCUT2D eigenvalue weighted by Gasteiger charge is -2.12. The number of amides is 1. The molecule has 0 fully saturated rings. The smallest absolute Gasteiger partial charge is 0.243 e. The minimum Gasteiger partial charge on any atom is -0.320 e. The molecule has 1 atom stereocenters. The highest BCUT2D eigenvalue weighted by Gasteiger charge is 2.20. The molecule has 0 unspecified atom stereocenters. The van der Waals surface area contributed by atoms with Gasteiger partial charge in [0.05, 0.1) is 11.7 Å². The van der Waals surface area contributed by atoms with Crippen molar-refractivity contribution in [1.82, 2.24) is 4.98 Å². The highest BCUT2D eigenvalue weighted by molar-refractivity contribution is 7.15. The van der Waals surface area contributed by atoms with E-state index in [0.717, 1.165) is 18.5 Å². The summed E-state index contributed by atoms with van der Waals surface area (Å²) in [5, 5.41) is 3.53. The zero-order chi connectivity index (χ0) is 12.4. The minimum absolute atomic E-state index is 0.119. The van der Waals surface area contributed by atoms with Crippen LogP contribution in [-0.2, 0) is 17.6 Å². The second-order valence-electron chi connectivity index (χ2n) is 4.97. The Labute approximate surface area is 106 Å². The maximum Gasteiger partial charge on any atom is 0.243 e. The van der Waals surface area contributed by atoms with Crippen molar-refractivity contribution in [2.75, 3.05) is 5.32 Å². The van der Waals surface area contributed by atoms with Gasteiger partial charge < -0.3 is 11.1 Å². The molecule has 2 rings (SSSR count). The molecule has 0 spiro atoms. The van der Waals surface area contributed by atoms with E-state index in [9.17, 15) is 4.79 Å².